The van der Waals surface area contributed by atoms with Gasteiger partial charge in [-0.25, -0.2) is 4.79 Å². The molecule has 0 unspecified atom stereocenters. The van der Waals surface area contributed by atoms with Crippen LogP contribution in [0.2, 0.25) is 0 Å². The molecule has 1 fully saturated rings. The molecule has 1 amide bonds. The maximum atomic E-state index is 12.0. The minimum atomic E-state index is -0.517. The van der Waals surface area contributed by atoms with Gasteiger partial charge in [-0.3, -0.25) is 4.98 Å². The van der Waals surface area contributed by atoms with E-state index in [1.807, 2.05) is 18.2 Å². The number of amides is 1. The van der Waals surface area contributed by atoms with Crippen LogP contribution < -0.4 is 0 Å². The van der Waals surface area contributed by atoms with E-state index in [0.29, 0.717) is 13.0 Å². The van der Waals surface area contributed by atoms with Gasteiger partial charge in [0.05, 0.1) is 6.10 Å². The van der Waals surface area contributed by atoms with Gasteiger partial charge in [0, 0.05) is 31.9 Å². The van der Waals surface area contributed by atoms with Gasteiger partial charge in [-0.1, -0.05) is 12.5 Å². The molecule has 5 heteroatoms. The lowest BCUT2D eigenvalue weighted by Crippen LogP contribution is -2.39. The van der Waals surface area contributed by atoms with Crippen molar-refractivity contribution in [3.8, 4) is 0 Å². The van der Waals surface area contributed by atoms with E-state index in [2.05, 4.69) is 4.98 Å². The Balaban J connectivity index is 1.77. The minimum absolute atomic E-state index is 0.353. The van der Waals surface area contributed by atoms with E-state index in [9.17, 15) is 9.90 Å². The standard InChI is InChI=1S/C15H22N2O3/c1-17(11-9-12-6-4-5-10-16-12)15(19)20-14-8-3-2-7-13(14)18/h4-6,10,13-14,18H,2-3,7-9,11H2,1H3/t13-,14+/m1/s1. The monoisotopic (exact) mass is 278 g/mol. The topological polar surface area (TPSA) is 62.7 Å². The fourth-order valence-corrected chi connectivity index (χ4v) is 2.35. The summed E-state index contributed by atoms with van der Waals surface area (Å²) in [5, 5.41) is 9.80. The van der Waals surface area contributed by atoms with Crippen LogP contribution in [0.15, 0.2) is 24.4 Å². The molecular formula is C15H22N2O3. The van der Waals surface area contributed by atoms with E-state index >= 15 is 0 Å². The van der Waals surface area contributed by atoms with Crippen LogP contribution in [-0.4, -0.2) is 46.9 Å². The maximum absolute atomic E-state index is 12.0. The molecule has 1 aromatic heterocycles. The van der Waals surface area contributed by atoms with Crippen molar-refractivity contribution in [1.82, 2.24) is 9.88 Å². The fourth-order valence-electron chi connectivity index (χ4n) is 2.35. The Morgan fingerprint density at radius 2 is 2.25 bits per heavy atom. The molecule has 2 atom stereocenters. The molecule has 20 heavy (non-hydrogen) atoms. The molecule has 5 nitrogen and oxygen atoms in total. The highest BCUT2D eigenvalue weighted by Crippen LogP contribution is 2.21. The number of carbonyl (C=O) groups excluding carboxylic acids is 1. The van der Waals surface area contributed by atoms with Gasteiger partial charge in [0.2, 0.25) is 0 Å². The Morgan fingerprint density at radius 1 is 1.45 bits per heavy atom. The van der Waals surface area contributed by atoms with Crippen molar-refractivity contribution < 1.29 is 14.6 Å². The summed E-state index contributed by atoms with van der Waals surface area (Å²) in [4.78, 5) is 17.7. The van der Waals surface area contributed by atoms with E-state index in [-0.39, 0.29) is 12.2 Å². The van der Waals surface area contributed by atoms with Crippen molar-refractivity contribution in [1.29, 1.82) is 0 Å². The number of aromatic nitrogens is 1. The lowest BCUT2D eigenvalue weighted by Gasteiger charge is -2.29. The molecule has 1 N–H and O–H groups in total. The molecule has 2 rings (SSSR count). The molecule has 1 aliphatic carbocycles. The molecule has 0 saturated heterocycles. The molecule has 1 saturated carbocycles. The third kappa shape index (κ3) is 4.20. The van der Waals surface area contributed by atoms with Gasteiger partial charge < -0.3 is 14.7 Å². The number of likely N-dealkylation sites (N-methyl/N-ethyl adjacent to an activating group) is 1. The lowest BCUT2D eigenvalue weighted by atomic mass is 9.95. The Kier molecular flexibility index (Phi) is 5.35. The van der Waals surface area contributed by atoms with E-state index < -0.39 is 6.10 Å². The highest BCUT2D eigenvalue weighted by atomic mass is 16.6. The number of carbonyl (C=O) groups is 1. The molecule has 1 aliphatic rings. The number of rotatable bonds is 4. The molecule has 110 valence electrons. The first-order chi connectivity index (χ1) is 9.66. The summed E-state index contributed by atoms with van der Waals surface area (Å²) in [6.45, 7) is 0.554. The van der Waals surface area contributed by atoms with Crippen molar-refractivity contribution in [2.45, 2.75) is 44.3 Å². The predicted molar refractivity (Wildman–Crippen MR) is 75.3 cm³/mol. The summed E-state index contributed by atoms with van der Waals surface area (Å²) in [6.07, 6.45) is 4.68. The zero-order chi connectivity index (χ0) is 14.4. The second-order valence-electron chi connectivity index (χ2n) is 5.27. The molecule has 0 aliphatic heterocycles. The first-order valence-corrected chi connectivity index (χ1v) is 7.16. The summed E-state index contributed by atoms with van der Waals surface area (Å²) in [5.74, 6) is 0. The van der Waals surface area contributed by atoms with Crippen molar-refractivity contribution in [3.63, 3.8) is 0 Å². The quantitative estimate of drug-likeness (QED) is 0.915. The van der Waals surface area contributed by atoms with Crippen LogP contribution in [0.25, 0.3) is 0 Å². The van der Waals surface area contributed by atoms with Gasteiger partial charge in [0.1, 0.15) is 6.10 Å². The average Bonchev–Trinajstić information content (AvgIpc) is 2.48. The summed E-state index contributed by atoms with van der Waals surface area (Å²) in [6, 6.07) is 5.73. The maximum Gasteiger partial charge on any atom is 0.409 e. The van der Waals surface area contributed by atoms with Gasteiger partial charge in [0.25, 0.3) is 0 Å². The van der Waals surface area contributed by atoms with Crippen LogP contribution >= 0.6 is 0 Å². The normalized spacial score (nSPS) is 22.3. The molecule has 0 bridgehead atoms. The van der Waals surface area contributed by atoms with Crippen molar-refractivity contribution in [2.24, 2.45) is 0 Å². The first-order valence-electron chi connectivity index (χ1n) is 7.16. The molecule has 1 aromatic rings. The van der Waals surface area contributed by atoms with Gasteiger partial charge in [-0.2, -0.15) is 0 Å². The number of ether oxygens (including phenoxy) is 1. The van der Waals surface area contributed by atoms with Crippen LogP contribution in [0.3, 0.4) is 0 Å². The summed E-state index contributed by atoms with van der Waals surface area (Å²) < 4.78 is 5.37. The van der Waals surface area contributed by atoms with Gasteiger partial charge >= 0.3 is 6.09 Å². The van der Waals surface area contributed by atoms with Crippen molar-refractivity contribution >= 4 is 6.09 Å². The van der Waals surface area contributed by atoms with E-state index in [1.165, 1.54) is 4.90 Å². The largest absolute Gasteiger partial charge is 0.443 e. The molecular weight excluding hydrogens is 256 g/mol. The number of hydrogen-bond donors (Lipinski definition) is 1. The second-order valence-corrected chi connectivity index (χ2v) is 5.27. The zero-order valence-corrected chi connectivity index (χ0v) is 11.9. The highest BCUT2D eigenvalue weighted by Gasteiger charge is 2.27. The van der Waals surface area contributed by atoms with Crippen LogP contribution in [0.1, 0.15) is 31.4 Å². The summed E-state index contributed by atoms with van der Waals surface area (Å²) in [7, 11) is 1.71. The number of aliphatic hydroxyl groups is 1. The fraction of sp³-hybridized carbons (Fsp3) is 0.600. The van der Waals surface area contributed by atoms with Gasteiger partial charge in [0.15, 0.2) is 0 Å². The van der Waals surface area contributed by atoms with Crippen LogP contribution in [-0.2, 0) is 11.2 Å². The van der Waals surface area contributed by atoms with Crippen LogP contribution in [0.5, 0.6) is 0 Å². The lowest BCUT2D eigenvalue weighted by molar-refractivity contribution is -0.0307. The third-order valence-corrected chi connectivity index (χ3v) is 3.66. The van der Waals surface area contributed by atoms with E-state index in [0.717, 1.165) is 31.4 Å². The predicted octanol–water partition coefficient (Wildman–Crippen LogP) is 2.00. The summed E-state index contributed by atoms with van der Waals surface area (Å²) in [5.41, 5.74) is 0.949. The first kappa shape index (κ1) is 14.8. The van der Waals surface area contributed by atoms with Crippen molar-refractivity contribution in [3.05, 3.63) is 30.1 Å². The summed E-state index contributed by atoms with van der Waals surface area (Å²) >= 11 is 0. The van der Waals surface area contributed by atoms with Gasteiger partial charge in [-0.05, 0) is 31.4 Å². The minimum Gasteiger partial charge on any atom is -0.443 e. The van der Waals surface area contributed by atoms with E-state index in [1.54, 1.807) is 13.2 Å². The number of aliphatic hydroxyl groups excluding tert-OH is 1. The Bertz CT molecular complexity index is 424. The Labute approximate surface area is 119 Å². The second kappa shape index (κ2) is 7.24. The van der Waals surface area contributed by atoms with Crippen LogP contribution in [0, 0.1) is 0 Å². The Morgan fingerprint density at radius 3 is 2.95 bits per heavy atom. The zero-order valence-electron chi connectivity index (χ0n) is 11.9. The number of pyridine rings is 1. The molecule has 1 heterocycles. The third-order valence-electron chi connectivity index (χ3n) is 3.66. The molecule has 0 spiro atoms. The Hall–Kier alpha value is -1.62. The SMILES string of the molecule is CN(CCc1ccccn1)C(=O)O[C@H]1CCCC[C@H]1O. The smallest absolute Gasteiger partial charge is 0.409 e. The van der Waals surface area contributed by atoms with Gasteiger partial charge in [-0.15, -0.1) is 0 Å². The van der Waals surface area contributed by atoms with Crippen molar-refractivity contribution in [2.75, 3.05) is 13.6 Å². The number of hydrogen-bond acceptors (Lipinski definition) is 4. The molecule has 0 aromatic carbocycles. The van der Waals surface area contributed by atoms with Crippen LogP contribution in [0.4, 0.5) is 4.79 Å². The highest BCUT2D eigenvalue weighted by molar-refractivity contribution is 5.67. The van der Waals surface area contributed by atoms with E-state index in [4.69, 9.17) is 4.74 Å². The average molecular weight is 278 g/mol. The number of nitrogens with zero attached hydrogens (tertiary/aromatic N) is 2. The molecule has 0 radical (unpaired) electrons.